The number of aromatic nitrogens is 2. The van der Waals surface area contributed by atoms with Crippen LogP contribution in [0.1, 0.15) is 36.0 Å². The Labute approximate surface area is 172 Å². The molecule has 8 heteroatoms. The molecule has 2 aromatic heterocycles. The van der Waals surface area contributed by atoms with E-state index in [-0.39, 0.29) is 23.9 Å². The zero-order valence-corrected chi connectivity index (χ0v) is 17.1. The van der Waals surface area contributed by atoms with E-state index in [1.807, 2.05) is 0 Å². The summed E-state index contributed by atoms with van der Waals surface area (Å²) in [5.41, 5.74) is 2.87. The second kappa shape index (κ2) is 9.02. The predicted molar refractivity (Wildman–Crippen MR) is 111 cm³/mol. The van der Waals surface area contributed by atoms with Crippen molar-refractivity contribution in [2.75, 3.05) is 20.3 Å². The highest BCUT2D eigenvalue weighted by Gasteiger charge is 2.25. The molecule has 1 aliphatic rings. The maximum atomic E-state index is 14.9. The van der Waals surface area contributed by atoms with Gasteiger partial charge in [-0.1, -0.05) is 0 Å². The van der Waals surface area contributed by atoms with Crippen molar-refractivity contribution in [3.8, 4) is 10.4 Å². The SMILES string of the molecule is COCCOC1CCC(NC(=O)c2cc(-c3cncs3)c(F)c3[nH]ccc23)CC1. The molecule has 1 amide bonds. The van der Waals surface area contributed by atoms with Crippen LogP contribution in [0.5, 0.6) is 0 Å². The summed E-state index contributed by atoms with van der Waals surface area (Å²) in [4.78, 5) is 20.7. The molecule has 0 atom stereocenters. The molecule has 1 fully saturated rings. The molecule has 0 aliphatic heterocycles. The second-order valence-corrected chi connectivity index (χ2v) is 8.11. The Kier molecular flexibility index (Phi) is 6.22. The van der Waals surface area contributed by atoms with Crippen LogP contribution >= 0.6 is 11.3 Å². The number of H-pyrrole nitrogens is 1. The number of amides is 1. The van der Waals surface area contributed by atoms with Crippen molar-refractivity contribution < 1.29 is 18.7 Å². The molecule has 0 spiro atoms. The van der Waals surface area contributed by atoms with Crippen molar-refractivity contribution in [3.63, 3.8) is 0 Å². The van der Waals surface area contributed by atoms with Crippen LogP contribution in [-0.4, -0.2) is 48.3 Å². The molecule has 6 nitrogen and oxygen atoms in total. The molecule has 1 saturated carbocycles. The summed E-state index contributed by atoms with van der Waals surface area (Å²) in [6.45, 7) is 1.19. The highest BCUT2D eigenvalue weighted by Crippen LogP contribution is 2.33. The third kappa shape index (κ3) is 4.34. The summed E-state index contributed by atoms with van der Waals surface area (Å²) < 4.78 is 25.7. The van der Waals surface area contributed by atoms with Gasteiger partial charge in [0.1, 0.15) is 0 Å². The minimum Gasteiger partial charge on any atom is -0.382 e. The lowest BCUT2D eigenvalue weighted by molar-refractivity contribution is -0.00408. The first-order valence-electron chi connectivity index (χ1n) is 9.77. The fourth-order valence-electron chi connectivity index (χ4n) is 3.85. The molecule has 3 aromatic rings. The van der Waals surface area contributed by atoms with Crippen molar-refractivity contribution in [1.29, 1.82) is 0 Å². The number of aromatic amines is 1. The largest absolute Gasteiger partial charge is 0.382 e. The number of ether oxygens (including phenoxy) is 2. The van der Waals surface area contributed by atoms with Crippen LogP contribution in [0.4, 0.5) is 4.39 Å². The fourth-order valence-corrected chi connectivity index (χ4v) is 4.48. The van der Waals surface area contributed by atoms with E-state index < -0.39 is 0 Å². The molecular formula is C21H24FN3O3S. The van der Waals surface area contributed by atoms with Gasteiger partial charge in [0.15, 0.2) is 5.82 Å². The third-order valence-corrected chi connectivity index (χ3v) is 6.18. The number of carbonyl (C=O) groups excluding carboxylic acids is 1. The van der Waals surface area contributed by atoms with Gasteiger partial charge in [-0.15, -0.1) is 11.3 Å². The zero-order chi connectivity index (χ0) is 20.2. The topological polar surface area (TPSA) is 76.2 Å². The van der Waals surface area contributed by atoms with Gasteiger partial charge in [0.05, 0.1) is 35.2 Å². The van der Waals surface area contributed by atoms with Crippen LogP contribution in [0.3, 0.4) is 0 Å². The predicted octanol–water partition coefficient (Wildman–Crippen LogP) is 4.13. The van der Waals surface area contributed by atoms with E-state index in [0.29, 0.717) is 40.1 Å². The highest BCUT2D eigenvalue weighted by molar-refractivity contribution is 7.13. The van der Waals surface area contributed by atoms with Crippen LogP contribution in [0.2, 0.25) is 0 Å². The quantitative estimate of drug-likeness (QED) is 0.567. The summed E-state index contributed by atoms with van der Waals surface area (Å²) in [6, 6.07) is 3.47. The van der Waals surface area contributed by atoms with Crippen molar-refractivity contribution in [2.45, 2.75) is 37.8 Å². The summed E-state index contributed by atoms with van der Waals surface area (Å²) in [7, 11) is 1.66. The standard InChI is InChI=1S/C21H24FN3O3S/c1-27-8-9-28-14-4-2-13(3-5-14)25-21(26)16-10-17(18-11-23-12-29-18)19(22)20-15(16)6-7-24-20/h6-7,10-14,24H,2-5,8-9H2,1H3,(H,25,26). The number of hydrogen-bond donors (Lipinski definition) is 2. The molecule has 0 saturated heterocycles. The Morgan fingerprint density at radius 2 is 2.17 bits per heavy atom. The lowest BCUT2D eigenvalue weighted by Gasteiger charge is -2.29. The summed E-state index contributed by atoms with van der Waals surface area (Å²) in [5.74, 6) is -0.538. The third-order valence-electron chi connectivity index (χ3n) is 5.37. The van der Waals surface area contributed by atoms with Gasteiger partial charge < -0.3 is 19.8 Å². The number of hydrogen-bond acceptors (Lipinski definition) is 5. The molecule has 154 valence electrons. The Hall–Kier alpha value is -2.29. The molecule has 2 N–H and O–H groups in total. The Morgan fingerprint density at radius 1 is 1.34 bits per heavy atom. The van der Waals surface area contributed by atoms with Crippen molar-refractivity contribution in [2.24, 2.45) is 0 Å². The highest BCUT2D eigenvalue weighted by atomic mass is 32.1. The number of benzene rings is 1. The van der Waals surface area contributed by atoms with Crippen molar-refractivity contribution in [3.05, 3.63) is 41.4 Å². The summed E-state index contributed by atoms with van der Waals surface area (Å²) in [5, 5.41) is 3.72. The van der Waals surface area contributed by atoms with Gasteiger partial charge in [-0.3, -0.25) is 9.78 Å². The van der Waals surface area contributed by atoms with Crippen molar-refractivity contribution >= 4 is 28.1 Å². The Bertz CT molecular complexity index is 965. The molecular weight excluding hydrogens is 393 g/mol. The van der Waals surface area contributed by atoms with Gasteiger partial charge in [0.2, 0.25) is 0 Å². The van der Waals surface area contributed by atoms with E-state index in [9.17, 15) is 9.18 Å². The van der Waals surface area contributed by atoms with E-state index in [0.717, 1.165) is 25.7 Å². The number of nitrogens with zero attached hydrogens (tertiary/aromatic N) is 1. The molecule has 1 aromatic carbocycles. The minimum absolute atomic E-state index is 0.0932. The molecule has 1 aliphatic carbocycles. The first kappa shape index (κ1) is 20.0. The van der Waals surface area contributed by atoms with Gasteiger partial charge in [-0.05, 0) is 37.8 Å². The normalized spacial score (nSPS) is 19.5. The van der Waals surface area contributed by atoms with Gasteiger partial charge in [-0.2, -0.15) is 0 Å². The van der Waals surface area contributed by atoms with E-state index >= 15 is 0 Å². The number of thiazole rings is 1. The molecule has 29 heavy (non-hydrogen) atoms. The van der Waals surface area contributed by atoms with Crippen molar-refractivity contribution in [1.82, 2.24) is 15.3 Å². The molecule has 2 heterocycles. The fraction of sp³-hybridized carbons (Fsp3) is 0.429. The molecule has 0 radical (unpaired) electrons. The van der Waals surface area contributed by atoms with E-state index in [1.165, 1.54) is 11.3 Å². The second-order valence-electron chi connectivity index (χ2n) is 7.23. The molecule has 0 bridgehead atoms. The first-order valence-corrected chi connectivity index (χ1v) is 10.6. The Morgan fingerprint density at radius 3 is 2.90 bits per heavy atom. The van der Waals surface area contributed by atoms with Crippen LogP contribution in [-0.2, 0) is 9.47 Å². The smallest absolute Gasteiger partial charge is 0.252 e. The number of carbonyl (C=O) groups is 1. The van der Waals surface area contributed by atoms with E-state index in [4.69, 9.17) is 9.47 Å². The zero-order valence-electron chi connectivity index (χ0n) is 16.2. The number of nitrogens with one attached hydrogen (secondary N) is 2. The van der Waals surface area contributed by atoms with Crippen LogP contribution in [0.25, 0.3) is 21.3 Å². The van der Waals surface area contributed by atoms with Crippen LogP contribution in [0.15, 0.2) is 30.0 Å². The maximum Gasteiger partial charge on any atom is 0.252 e. The number of methoxy groups -OCH3 is 1. The van der Waals surface area contributed by atoms with Crippen LogP contribution < -0.4 is 5.32 Å². The van der Waals surface area contributed by atoms with Gasteiger partial charge in [-0.25, -0.2) is 4.39 Å². The lowest BCUT2D eigenvalue weighted by atomic mass is 9.92. The average Bonchev–Trinajstić information content (AvgIpc) is 3.42. The molecule has 4 rings (SSSR count). The summed E-state index contributed by atoms with van der Waals surface area (Å²) >= 11 is 1.35. The average molecular weight is 418 g/mol. The number of fused-ring (bicyclic) bond motifs is 1. The summed E-state index contributed by atoms with van der Waals surface area (Å²) in [6.07, 6.45) is 7.03. The van der Waals surface area contributed by atoms with Gasteiger partial charge in [0.25, 0.3) is 5.91 Å². The monoisotopic (exact) mass is 417 g/mol. The van der Waals surface area contributed by atoms with Gasteiger partial charge in [0, 0.05) is 42.1 Å². The number of rotatable bonds is 7. The molecule has 0 unspecified atom stereocenters. The van der Waals surface area contributed by atoms with E-state index in [2.05, 4.69) is 15.3 Å². The first-order chi connectivity index (χ1) is 14.2. The minimum atomic E-state index is -0.362. The van der Waals surface area contributed by atoms with Gasteiger partial charge >= 0.3 is 0 Å². The van der Waals surface area contributed by atoms with E-state index in [1.54, 1.807) is 37.1 Å². The maximum absolute atomic E-state index is 14.9. The van der Waals surface area contributed by atoms with Crippen LogP contribution in [0, 0.1) is 5.82 Å². The Balaban J connectivity index is 1.48. The number of halogens is 1. The lowest BCUT2D eigenvalue weighted by Crippen LogP contribution is -2.39.